The summed E-state index contributed by atoms with van der Waals surface area (Å²) in [6.07, 6.45) is 1.26. The molecule has 1 aromatic heterocycles. The molecule has 0 radical (unpaired) electrons. The first-order valence-electron chi connectivity index (χ1n) is 5.41. The minimum Gasteiger partial charge on any atom is -0.409 e. The van der Waals surface area contributed by atoms with Crippen molar-refractivity contribution in [2.75, 3.05) is 31.0 Å². The normalized spacial score (nSPS) is 18.4. The Morgan fingerprint density at radius 1 is 1.58 bits per heavy atom. The summed E-state index contributed by atoms with van der Waals surface area (Å²) in [6.45, 7) is 1.22. The van der Waals surface area contributed by atoms with E-state index in [1.54, 1.807) is 0 Å². The van der Waals surface area contributed by atoms with Gasteiger partial charge in [0.05, 0.1) is 25.0 Å². The number of rotatable bonds is 4. The maximum atomic E-state index is 12.1. The van der Waals surface area contributed by atoms with Gasteiger partial charge in [-0.15, -0.1) is 0 Å². The number of amidine groups is 1. The van der Waals surface area contributed by atoms with Crippen molar-refractivity contribution < 1.29 is 18.4 Å². The van der Waals surface area contributed by atoms with Gasteiger partial charge in [-0.1, -0.05) is 5.16 Å². The Kier molecular flexibility index (Phi) is 3.87. The molecule has 10 nitrogen and oxygen atoms in total. The molecule has 0 spiro atoms. The minimum absolute atomic E-state index is 0.0433. The van der Waals surface area contributed by atoms with Gasteiger partial charge < -0.3 is 15.7 Å². The zero-order valence-corrected chi connectivity index (χ0v) is 10.7. The van der Waals surface area contributed by atoms with Gasteiger partial charge in [0.25, 0.3) is 0 Å². The third-order valence-electron chi connectivity index (χ3n) is 2.56. The van der Waals surface area contributed by atoms with Crippen molar-refractivity contribution in [3.63, 3.8) is 0 Å². The van der Waals surface area contributed by atoms with Crippen LogP contribution in [0.3, 0.4) is 0 Å². The lowest BCUT2D eigenvalue weighted by atomic mass is 10.3. The maximum absolute atomic E-state index is 12.1. The summed E-state index contributed by atoms with van der Waals surface area (Å²) >= 11 is 0. The molecule has 1 aliphatic rings. The van der Waals surface area contributed by atoms with Crippen LogP contribution in [0.2, 0.25) is 0 Å². The van der Waals surface area contributed by atoms with E-state index < -0.39 is 10.2 Å². The molecule has 19 heavy (non-hydrogen) atoms. The first kappa shape index (κ1) is 13.6. The molecular formula is C8H14N6O4S. The number of ether oxygens (including phenoxy) is 1. The summed E-state index contributed by atoms with van der Waals surface area (Å²) in [7, 11) is -3.73. The molecule has 1 fully saturated rings. The molecule has 0 amide bonds. The first-order valence-corrected chi connectivity index (χ1v) is 6.85. The third kappa shape index (κ3) is 2.94. The highest BCUT2D eigenvalue weighted by molar-refractivity contribution is 7.90. The van der Waals surface area contributed by atoms with Crippen molar-refractivity contribution in [2.45, 2.75) is 0 Å². The molecule has 1 aromatic rings. The fraction of sp³-hybridized carbons (Fsp3) is 0.500. The first-order chi connectivity index (χ1) is 9.04. The Hall–Kier alpha value is -1.85. The Bertz CT molecular complexity index is 562. The number of nitrogens with one attached hydrogen (secondary N) is 2. The van der Waals surface area contributed by atoms with E-state index in [9.17, 15) is 8.42 Å². The van der Waals surface area contributed by atoms with E-state index in [1.165, 1.54) is 10.5 Å². The van der Waals surface area contributed by atoms with Crippen LogP contribution in [0.15, 0.2) is 11.4 Å². The van der Waals surface area contributed by atoms with Gasteiger partial charge in [-0.05, 0) is 0 Å². The predicted molar refractivity (Wildman–Crippen MR) is 66.0 cm³/mol. The summed E-state index contributed by atoms with van der Waals surface area (Å²) in [4.78, 5) is 0. The number of hydrogen-bond acceptors (Lipinski definition) is 6. The lowest BCUT2D eigenvalue weighted by molar-refractivity contribution is 0.0733. The average molecular weight is 290 g/mol. The van der Waals surface area contributed by atoms with Crippen molar-refractivity contribution in [1.29, 1.82) is 0 Å². The zero-order chi connectivity index (χ0) is 13.9. The van der Waals surface area contributed by atoms with Crippen LogP contribution in [0.1, 0.15) is 5.56 Å². The number of anilines is 1. The lowest BCUT2D eigenvalue weighted by Crippen LogP contribution is -2.43. The van der Waals surface area contributed by atoms with E-state index in [0.29, 0.717) is 13.2 Å². The van der Waals surface area contributed by atoms with Gasteiger partial charge in [-0.3, -0.25) is 9.82 Å². The molecule has 5 N–H and O–H groups in total. The molecular weight excluding hydrogens is 276 g/mol. The van der Waals surface area contributed by atoms with Gasteiger partial charge in [0, 0.05) is 13.1 Å². The van der Waals surface area contributed by atoms with Crippen molar-refractivity contribution in [2.24, 2.45) is 10.9 Å². The molecule has 1 aliphatic heterocycles. The van der Waals surface area contributed by atoms with Crippen LogP contribution in [0.25, 0.3) is 0 Å². The van der Waals surface area contributed by atoms with Gasteiger partial charge in [0.1, 0.15) is 5.82 Å². The predicted octanol–water partition coefficient (Wildman–Crippen LogP) is -1.51. The molecule has 2 rings (SSSR count). The molecule has 0 saturated carbocycles. The van der Waals surface area contributed by atoms with Gasteiger partial charge in [-0.25, -0.2) is 0 Å². The van der Waals surface area contributed by atoms with Crippen LogP contribution in [0, 0.1) is 0 Å². The zero-order valence-electron chi connectivity index (χ0n) is 9.90. The summed E-state index contributed by atoms with van der Waals surface area (Å²) in [5.41, 5.74) is 5.57. The van der Waals surface area contributed by atoms with Crippen molar-refractivity contribution in [1.82, 2.24) is 14.5 Å². The third-order valence-corrected chi connectivity index (χ3v) is 4.07. The van der Waals surface area contributed by atoms with Crippen LogP contribution in [0.4, 0.5) is 5.82 Å². The Labute approximate surface area is 109 Å². The standard InChI is InChI=1S/C8H14N6O4S/c9-7(12-15)6-5-10-11-8(6)13-19(16,17)14-1-3-18-4-2-14/h5,15H,1-4H2,(H2,9,12)(H2,10,11,13). The van der Waals surface area contributed by atoms with Crippen LogP contribution in [-0.2, 0) is 14.9 Å². The van der Waals surface area contributed by atoms with Crippen LogP contribution < -0.4 is 10.5 Å². The largest absolute Gasteiger partial charge is 0.409 e. The van der Waals surface area contributed by atoms with Crippen molar-refractivity contribution >= 4 is 21.9 Å². The molecule has 1 saturated heterocycles. The van der Waals surface area contributed by atoms with Crippen LogP contribution >= 0.6 is 0 Å². The van der Waals surface area contributed by atoms with E-state index >= 15 is 0 Å². The summed E-state index contributed by atoms with van der Waals surface area (Å²) in [6, 6.07) is 0. The minimum atomic E-state index is -3.73. The summed E-state index contributed by atoms with van der Waals surface area (Å²) in [5, 5.41) is 17.5. The Morgan fingerprint density at radius 3 is 2.89 bits per heavy atom. The number of nitrogens with two attached hydrogens (primary N) is 1. The topological polar surface area (TPSA) is 146 Å². The van der Waals surface area contributed by atoms with E-state index in [0.717, 1.165) is 0 Å². The fourth-order valence-corrected chi connectivity index (χ4v) is 2.76. The van der Waals surface area contributed by atoms with E-state index in [-0.39, 0.29) is 30.3 Å². The molecule has 106 valence electrons. The van der Waals surface area contributed by atoms with Gasteiger partial charge in [0.15, 0.2) is 5.84 Å². The summed E-state index contributed by atoms with van der Waals surface area (Å²) in [5.74, 6) is -0.199. The number of H-pyrrole nitrogens is 1. The van der Waals surface area contributed by atoms with Crippen LogP contribution in [-0.4, -0.2) is 60.3 Å². The smallest absolute Gasteiger partial charge is 0.302 e. The van der Waals surface area contributed by atoms with Crippen LogP contribution in [0.5, 0.6) is 0 Å². The van der Waals surface area contributed by atoms with Gasteiger partial charge in [0.2, 0.25) is 0 Å². The van der Waals surface area contributed by atoms with E-state index in [2.05, 4.69) is 20.1 Å². The lowest BCUT2D eigenvalue weighted by Gasteiger charge is -2.26. The maximum Gasteiger partial charge on any atom is 0.302 e. The molecule has 0 aromatic carbocycles. The van der Waals surface area contributed by atoms with Crippen molar-refractivity contribution in [3.05, 3.63) is 11.8 Å². The fourth-order valence-electron chi connectivity index (χ4n) is 1.59. The molecule has 11 heteroatoms. The highest BCUT2D eigenvalue weighted by atomic mass is 32.2. The molecule has 0 bridgehead atoms. The average Bonchev–Trinajstić information content (AvgIpc) is 2.86. The number of nitrogens with zero attached hydrogens (tertiary/aromatic N) is 3. The number of morpholine rings is 1. The van der Waals surface area contributed by atoms with E-state index in [1.807, 2.05) is 0 Å². The second-order valence-electron chi connectivity index (χ2n) is 3.76. The highest BCUT2D eigenvalue weighted by Gasteiger charge is 2.26. The molecule has 0 aliphatic carbocycles. The molecule has 0 atom stereocenters. The van der Waals surface area contributed by atoms with Gasteiger partial charge >= 0.3 is 10.2 Å². The molecule has 2 heterocycles. The van der Waals surface area contributed by atoms with Gasteiger partial charge in [-0.2, -0.15) is 17.8 Å². The second kappa shape index (κ2) is 5.42. The number of aromatic nitrogens is 2. The number of aromatic amines is 1. The highest BCUT2D eigenvalue weighted by Crippen LogP contribution is 2.15. The second-order valence-corrected chi connectivity index (χ2v) is 5.43. The Balaban J connectivity index is 2.18. The quantitative estimate of drug-likeness (QED) is 0.229. The summed E-state index contributed by atoms with van der Waals surface area (Å²) < 4.78 is 32.8. The van der Waals surface area contributed by atoms with Crippen molar-refractivity contribution in [3.8, 4) is 0 Å². The number of oxime groups is 1. The Morgan fingerprint density at radius 2 is 2.26 bits per heavy atom. The monoisotopic (exact) mass is 290 g/mol. The van der Waals surface area contributed by atoms with E-state index in [4.69, 9.17) is 15.7 Å². The molecule has 0 unspecified atom stereocenters. The number of hydrogen-bond donors (Lipinski definition) is 4. The SMILES string of the molecule is NC(=NO)c1cn[nH]c1NS(=O)(=O)N1CCOCC1.